The molecule has 0 saturated heterocycles. The van der Waals surface area contributed by atoms with Crippen molar-refractivity contribution in [3.05, 3.63) is 58.9 Å². The number of carboxylic acid groups (broad SMARTS) is 1. The zero-order chi connectivity index (χ0) is 14.5. The van der Waals surface area contributed by atoms with Crippen molar-refractivity contribution in [3.8, 4) is 0 Å². The van der Waals surface area contributed by atoms with Gasteiger partial charge < -0.3 is 9.84 Å². The summed E-state index contributed by atoms with van der Waals surface area (Å²) < 4.78 is 17.7. The topological polar surface area (TPSA) is 63.6 Å². The Morgan fingerprint density at radius 2 is 1.95 bits per heavy atom. The molecule has 1 aromatic rings. The van der Waals surface area contributed by atoms with Crippen molar-refractivity contribution < 1.29 is 23.8 Å². The van der Waals surface area contributed by atoms with Crippen LogP contribution in [0.4, 0.5) is 4.39 Å². The summed E-state index contributed by atoms with van der Waals surface area (Å²) in [5.74, 6) is -1.88. The lowest BCUT2D eigenvalue weighted by Crippen LogP contribution is -2.08. The van der Waals surface area contributed by atoms with Gasteiger partial charge in [0, 0.05) is 5.57 Å². The van der Waals surface area contributed by atoms with E-state index in [4.69, 9.17) is 9.84 Å². The third-order valence-corrected chi connectivity index (χ3v) is 2.93. The normalized spacial score (nSPS) is 13.7. The van der Waals surface area contributed by atoms with E-state index < -0.39 is 11.9 Å². The summed E-state index contributed by atoms with van der Waals surface area (Å²) in [7, 11) is 0. The average Bonchev–Trinajstić information content (AvgIpc) is 2.86. The molecule has 4 nitrogen and oxygen atoms in total. The van der Waals surface area contributed by atoms with Gasteiger partial charge in [-0.2, -0.15) is 0 Å². The molecule has 1 aliphatic carbocycles. The largest absolute Gasteiger partial charge is 0.478 e. The molecule has 1 aliphatic rings. The van der Waals surface area contributed by atoms with Crippen LogP contribution in [0, 0.1) is 5.82 Å². The number of hydrogen-bond donors (Lipinski definition) is 1. The first kappa shape index (κ1) is 14.0. The summed E-state index contributed by atoms with van der Waals surface area (Å²) in [5.41, 5.74) is 1.37. The predicted octanol–water partition coefficient (Wildman–Crippen LogP) is 2.60. The van der Waals surface area contributed by atoms with E-state index in [9.17, 15) is 14.0 Å². The number of carboxylic acids is 1. The molecule has 0 heterocycles. The van der Waals surface area contributed by atoms with E-state index in [1.165, 1.54) is 24.3 Å². The fourth-order valence-corrected chi connectivity index (χ4v) is 1.89. The molecule has 0 radical (unpaired) electrons. The van der Waals surface area contributed by atoms with E-state index in [1.54, 1.807) is 12.2 Å². The number of carbonyl (C=O) groups excluding carboxylic acids is 1. The highest BCUT2D eigenvalue weighted by atomic mass is 19.1. The summed E-state index contributed by atoms with van der Waals surface area (Å²) in [5, 5.41) is 8.94. The minimum absolute atomic E-state index is 0.0402. The van der Waals surface area contributed by atoms with Gasteiger partial charge in [0.05, 0.1) is 6.42 Å². The van der Waals surface area contributed by atoms with E-state index in [0.717, 1.165) is 0 Å². The highest BCUT2D eigenvalue weighted by Crippen LogP contribution is 2.22. The number of hydrogen-bond acceptors (Lipinski definition) is 3. The van der Waals surface area contributed by atoms with Gasteiger partial charge in [-0.25, -0.2) is 9.18 Å². The van der Waals surface area contributed by atoms with Gasteiger partial charge in [-0.1, -0.05) is 24.3 Å². The molecular weight excluding hydrogens is 263 g/mol. The summed E-state index contributed by atoms with van der Waals surface area (Å²) >= 11 is 0. The summed E-state index contributed by atoms with van der Waals surface area (Å²) in [6.45, 7) is 0.0402. The molecule has 0 amide bonds. The van der Waals surface area contributed by atoms with E-state index in [-0.39, 0.29) is 24.4 Å². The van der Waals surface area contributed by atoms with Gasteiger partial charge >= 0.3 is 11.9 Å². The van der Waals surface area contributed by atoms with Crippen molar-refractivity contribution in [1.29, 1.82) is 0 Å². The Labute approximate surface area is 115 Å². The SMILES string of the molecule is O=C(CC1=C(C(=O)O)CC=C1)OCc1ccc(F)cc1. The molecular formula is C15H13FO4. The molecule has 0 fully saturated rings. The number of halogens is 1. The zero-order valence-corrected chi connectivity index (χ0v) is 10.6. The molecule has 2 rings (SSSR count). The number of esters is 1. The Balaban J connectivity index is 1.90. The first-order valence-corrected chi connectivity index (χ1v) is 6.08. The molecule has 20 heavy (non-hydrogen) atoms. The Morgan fingerprint density at radius 1 is 1.25 bits per heavy atom. The Hall–Kier alpha value is -2.43. The van der Waals surface area contributed by atoms with Gasteiger partial charge in [0.25, 0.3) is 0 Å². The molecule has 0 bridgehead atoms. The van der Waals surface area contributed by atoms with E-state index in [2.05, 4.69) is 0 Å². The van der Waals surface area contributed by atoms with Crippen LogP contribution < -0.4 is 0 Å². The molecule has 1 N–H and O–H groups in total. The molecule has 1 aromatic carbocycles. The van der Waals surface area contributed by atoms with E-state index in [0.29, 0.717) is 17.6 Å². The Bertz CT molecular complexity index is 584. The van der Waals surface area contributed by atoms with Crippen LogP contribution in [-0.4, -0.2) is 17.0 Å². The number of aliphatic carboxylic acids is 1. The number of benzene rings is 1. The Morgan fingerprint density at radius 3 is 2.60 bits per heavy atom. The Kier molecular flexibility index (Phi) is 4.30. The molecule has 0 aliphatic heterocycles. The van der Waals surface area contributed by atoms with Crippen LogP contribution in [0.1, 0.15) is 18.4 Å². The lowest BCUT2D eigenvalue weighted by atomic mass is 10.1. The van der Waals surface area contributed by atoms with E-state index in [1.807, 2.05) is 0 Å². The van der Waals surface area contributed by atoms with Gasteiger partial charge in [0.15, 0.2) is 0 Å². The summed E-state index contributed by atoms with van der Waals surface area (Å²) in [6.07, 6.45) is 3.59. The van der Waals surface area contributed by atoms with Gasteiger partial charge in [-0.3, -0.25) is 4.79 Å². The third kappa shape index (κ3) is 3.54. The van der Waals surface area contributed by atoms with Crippen LogP contribution in [0.2, 0.25) is 0 Å². The first-order chi connectivity index (χ1) is 9.56. The van der Waals surface area contributed by atoms with Crippen molar-refractivity contribution in [1.82, 2.24) is 0 Å². The molecule has 0 saturated carbocycles. The van der Waals surface area contributed by atoms with Crippen molar-refractivity contribution in [3.63, 3.8) is 0 Å². The van der Waals surface area contributed by atoms with Crippen LogP contribution in [0.15, 0.2) is 47.6 Å². The van der Waals surface area contributed by atoms with Gasteiger partial charge in [-0.05, 0) is 29.7 Å². The molecule has 0 unspecified atom stereocenters. The van der Waals surface area contributed by atoms with Crippen LogP contribution >= 0.6 is 0 Å². The average molecular weight is 276 g/mol. The number of allylic oxidation sites excluding steroid dienone is 2. The van der Waals surface area contributed by atoms with Gasteiger partial charge in [0.2, 0.25) is 0 Å². The smallest absolute Gasteiger partial charge is 0.332 e. The monoisotopic (exact) mass is 276 g/mol. The summed E-state index contributed by atoms with van der Waals surface area (Å²) in [6, 6.07) is 5.63. The number of carbonyl (C=O) groups is 2. The van der Waals surface area contributed by atoms with Crippen molar-refractivity contribution in [2.75, 3.05) is 0 Å². The van der Waals surface area contributed by atoms with Crippen molar-refractivity contribution >= 4 is 11.9 Å². The second-order valence-electron chi connectivity index (χ2n) is 4.38. The van der Waals surface area contributed by atoms with E-state index >= 15 is 0 Å². The second kappa shape index (κ2) is 6.14. The third-order valence-electron chi connectivity index (χ3n) is 2.93. The minimum atomic E-state index is -1.02. The molecule has 104 valence electrons. The highest BCUT2D eigenvalue weighted by molar-refractivity contribution is 5.91. The maximum Gasteiger partial charge on any atom is 0.332 e. The first-order valence-electron chi connectivity index (χ1n) is 6.08. The molecule has 0 atom stereocenters. The van der Waals surface area contributed by atoms with Crippen LogP contribution in [0.5, 0.6) is 0 Å². The van der Waals surface area contributed by atoms with Crippen LogP contribution in [0.3, 0.4) is 0 Å². The van der Waals surface area contributed by atoms with Crippen LogP contribution in [-0.2, 0) is 20.9 Å². The van der Waals surface area contributed by atoms with Crippen molar-refractivity contribution in [2.24, 2.45) is 0 Å². The van der Waals surface area contributed by atoms with Crippen LogP contribution in [0.25, 0.3) is 0 Å². The molecule has 5 heteroatoms. The fourth-order valence-electron chi connectivity index (χ4n) is 1.89. The molecule has 0 spiro atoms. The maximum atomic E-state index is 12.7. The quantitative estimate of drug-likeness (QED) is 0.840. The highest BCUT2D eigenvalue weighted by Gasteiger charge is 2.18. The second-order valence-corrected chi connectivity index (χ2v) is 4.38. The van der Waals surface area contributed by atoms with Gasteiger partial charge in [0.1, 0.15) is 12.4 Å². The predicted molar refractivity (Wildman–Crippen MR) is 69.2 cm³/mol. The molecule has 0 aromatic heterocycles. The number of rotatable bonds is 5. The zero-order valence-electron chi connectivity index (χ0n) is 10.6. The summed E-state index contributed by atoms with van der Waals surface area (Å²) in [4.78, 5) is 22.6. The standard InChI is InChI=1S/C15H13FO4/c16-12-6-4-10(5-7-12)9-20-14(17)8-11-2-1-3-13(11)15(18)19/h1-2,4-7H,3,8-9H2,(H,18,19). The number of ether oxygens (including phenoxy) is 1. The lowest BCUT2D eigenvalue weighted by molar-refractivity contribution is -0.144. The lowest BCUT2D eigenvalue weighted by Gasteiger charge is -2.06. The minimum Gasteiger partial charge on any atom is -0.478 e. The fraction of sp³-hybridized carbons (Fsp3) is 0.200. The van der Waals surface area contributed by atoms with Crippen molar-refractivity contribution in [2.45, 2.75) is 19.4 Å². The maximum absolute atomic E-state index is 12.7. The van der Waals surface area contributed by atoms with Gasteiger partial charge in [-0.15, -0.1) is 0 Å².